The first-order valence-corrected chi connectivity index (χ1v) is 11.2. The van der Waals surface area contributed by atoms with E-state index in [0.29, 0.717) is 21.8 Å². The van der Waals surface area contributed by atoms with Gasteiger partial charge in [0.1, 0.15) is 5.69 Å². The average molecular weight is 498 g/mol. The van der Waals surface area contributed by atoms with Crippen LogP contribution in [0.15, 0.2) is 46.2 Å². The molecular weight excluding hydrogens is 483 g/mol. The predicted octanol–water partition coefficient (Wildman–Crippen LogP) is 3.77. The Labute approximate surface area is 189 Å². The number of aromatic hydroxyl groups is 1. The zero-order valence-corrected chi connectivity index (χ0v) is 18.1. The number of hydrogen-bond acceptors (Lipinski definition) is 5. The van der Waals surface area contributed by atoms with Gasteiger partial charge in [-0.2, -0.15) is 0 Å². The molecule has 1 atom stereocenters. The summed E-state index contributed by atoms with van der Waals surface area (Å²) in [5.41, 5.74) is 0.823. The highest BCUT2D eigenvalue weighted by molar-refractivity contribution is 7.46. The number of rotatable bonds is 6. The minimum absolute atomic E-state index is 0.0481. The Morgan fingerprint density at radius 2 is 1.97 bits per heavy atom. The summed E-state index contributed by atoms with van der Waals surface area (Å²) in [5.74, 6) is -3.03. The summed E-state index contributed by atoms with van der Waals surface area (Å²) >= 11 is 5.95. The Balaban J connectivity index is 1.78. The molecule has 1 aliphatic heterocycles. The number of nitrogens with zero attached hydrogens (tertiary/aromatic N) is 2. The average Bonchev–Trinajstić information content (AvgIpc) is 3.25. The summed E-state index contributed by atoms with van der Waals surface area (Å²) in [6.45, 7) is -0.820. The van der Waals surface area contributed by atoms with Crippen LogP contribution in [0.3, 0.4) is 0 Å². The molecule has 172 valence electrons. The van der Waals surface area contributed by atoms with Gasteiger partial charge in [-0.25, -0.2) is 18.1 Å². The third-order valence-corrected chi connectivity index (χ3v) is 5.60. The van der Waals surface area contributed by atoms with E-state index in [-0.39, 0.29) is 11.3 Å². The molecule has 4 rings (SSSR count). The van der Waals surface area contributed by atoms with Crippen LogP contribution < -0.4 is 5.69 Å². The SMILES string of the molecule is O=c1[nH]c(/C=C2\C=Nc3cc(Cl)ccc32)c(O)n1[C@@H](COP(=O)(O)O)c1ccc(F)c(F)c1. The highest BCUT2D eigenvalue weighted by Gasteiger charge is 2.27. The van der Waals surface area contributed by atoms with E-state index in [2.05, 4.69) is 14.5 Å². The van der Waals surface area contributed by atoms with Crippen LogP contribution in [0.2, 0.25) is 5.02 Å². The molecule has 0 amide bonds. The number of aliphatic imine (C=N–C) groups is 1. The van der Waals surface area contributed by atoms with Gasteiger partial charge in [0.25, 0.3) is 0 Å². The molecule has 0 spiro atoms. The van der Waals surface area contributed by atoms with E-state index >= 15 is 0 Å². The number of halogens is 3. The minimum Gasteiger partial charge on any atom is -0.493 e. The summed E-state index contributed by atoms with van der Waals surface area (Å²) in [7, 11) is -4.99. The second-order valence-corrected chi connectivity index (χ2v) is 8.71. The third kappa shape index (κ3) is 4.82. The maximum absolute atomic E-state index is 13.8. The van der Waals surface area contributed by atoms with Gasteiger partial charge in [-0.1, -0.05) is 23.7 Å². The van der Waals surface area contributed by atoms with Gasteiger partial charge in [0, 0.05) is 22.4 Å². The van der Waals surface area contributed by atoms with Gasteiger partial charge in [0.2, 0.25) is 5.88 Å². The molecule has 1 aromatic heterocycles. The summed E-state index contributed by atoms with van der Waals surface area (Å²) in [6, 6.07) is 6.23. The number of nitrogens with one attached hydrogen (secondary N) is 1. The maximum atomic E-state index is 13.8. The monoisotopic (exact) mass is 497 g/mol. The molecule has 0 saturated carbocycles. The van der Waals surface area contributed by atoms with Gasteiger partial charge in [0.05, 0.1) is 18.3 Å². The van der Waals surface area contributed by atoms with E-state index in [9.17, 15) is 23.2 Å². The summed E-state index contributed by atoms with van der Waals surface area (Å²) < 4.78 is 43.6. The number of phosphoric ester groups is 1. The second kappa shape index (κ2) is 8.69. The number of H-pyrrole nitrogens is 1. The number of benzene rings is 2. The Morgan fingerprint density at radius 3 is 2.67 bits per heavy atom. The Hall–Kier alpha value is -3.08. The minimum atomic E-state index is -4.99. The van der Waals surface area contributed by atoms with Crippen LogP contribution in [0, 0.1) is 11.6 Å². The maximum Gasteiger partial charge on any atom is 0.469 e. The van der Waals surface area contributed by atoms with E-state index < -0.39 is 43.7 Å². The van der Waals surface area contributed by atoms with Crippen molar-refractivity contribution in [1.82, 2.24) is 9.55 Å². The molecular formula is C20H15ClF2N3O6P. The molecule has 33 heavy (non-hydrogen) atoms. The largest absolute Gasteiger partial charge is 0.493 e. The molecule has 0 saturated heterocycles. The molecule has 1 aliphatic rings. The van der Waals surface area contributed by atoms with Gasteiger partial charge < -0.3 is 19.9 Å². The van der Waals surface area contributed by atoms with Gasteiger partial charge in [0.15, 0.2) is 11.6 Å². The standard InChI is InChI=1S/C20H15ClF2N3O6P/c21-12-2-3-13-11(8-24-16(13)7-12)6-17-19(27)26(20(28)25-17)18(9-32-33(29,30)31)10-1-4-14(22)15(23)5-10/h1-8,18,27H,9H2,(H,25,28)(H2,29,30,31)/b11-6+/t18-/m0/s1. The van der Waals surface area contributed by atoms with Crippen LogP contribution in [0.1, 0.15) is 22.9 Å². The summed E-state index contributed by atoms with van der Waals surface area (Å²) in [4.78, 5) is 37.4. The van der Waals surface area contributed by atoms with Crippen LogP contribution in [-0.4, -0.2) is 37.3 Å². The van der Waals surface area contributed by atoms with E-state index in [0.717, 1.165) is 22.8 Å². The van der Waals surface area contributed by atoms with Crippen molar-refractivity contribution in [1.29, 1.82) is 0 Å². The van der Waals surface area contributed by atoms with Gasteiger partial charge in [-0.05, 0) is 35.9 Å². The fourth-order valence-electron chi connectivity index (χ4n) is 3.39. The number of allylic oxidation sites excluding steroid dienone is 1. The summed E-state index contributed by atoms with van der Waals surface area (Å²) in [6.07, 6.45) is 2.93. The predicted molar refractivity (Wildman–Crippen MR) is 117 cm³/mol. The summed E-state index contributed by atoms with van der Waals surface area (Å²) in [5, 5.41) is 11.2. The molecule has 0 unspecified atom stereocenters. The third-order valence-electron chi connectivity index (χ3n) is 4.88. The second-order valence-electron chi connectivity index (χ2n) is 7.03. The lowest BCUT2D eigenvalue weighted by Crippen LogP contribution is -2.26. The van der Waals surface area contributed by atoms with Gasteiger partial charge in [-0.3, -0.25) is 14.1 Å². The van der Waals surface area contributed by atoms with Gasteiger partial charge in [-0.15, -0.1) is 0 Å². The van der Waals surface area contributed by atoms with E-state index in [1.807, 2.05) is 0 Å². The number of aromatic amines is 1. The smallest absolute Gasteiger partial charge is 0.469 e. The van der Waals surface area contributed by atoms with Crippen LogP contribution in [0.5, 0.6) is 5.88 Å². The molecule has 4 N–H and O–H groups in total. The fraction of sp³-hybridized carbons (Fsp3) is 0.100. The van der Waals surface area contributed by atoms with Crippen molar-refractivity contribution in [3.05, 3.63) is 80.4 Å². The highest BCUT2D eigenvalue weighted by atomic mass is 35.5. The lowest BCUT2D eigenvalue weighted by molar-refractivity contribution is 0.174. The lowest BCUT2D eigenvalue weighted by Gasteiger charge is -2.19. The van der Waals surface area contributed by atoms with Crippen LogP contribution in [-0.2, 0) is 9.09 Å². The van der Waals surface area contributed by atoms with Crippen molar-refractivity contribution < 1.29 is 32.8 Å². The number of imidazole rings is 1. The number of phosphoric acid groups is 1. The number of fused-ring (bicyclic) bond motifs is 1. The van der Waals surface area contributed by atoms with Gasteiger partial charge >= 0.3 is 13.5 Å². The molecule has 0 aliphatic carbocycles. The topological polar surface area (TPSA) is 137 Å². The van der Waals surface area contributed by atoms with Crippen molar-refractivity contribution in [3.63, 3.8) is 0 Å². The first-order chi connectivity index (χ1) is 15.5. The van der Waals surface area contributed by atoms with Crippen LogP contribution >= 0.6 is 19.4 Å². The van der Waals surface area contributed by atoms with E-state index in [1.54, 1.807) is 18.2 Å². The molecule has 0 radical (unpaired) electrons. The lowest BCUT2D eigenvalue weighted by atomic mass is 10.1. The Bertz CT molecular complexity index is 1410. The number of aromatic nitrogens is 2. The van der Waals surface area contributed by atoms with E-state index in [4.69, 9.17) is 21.4 Å². The number of hydrogen-bond donors (Lipinski definition) is 4. The zero-order valence-electron chi connectivity index (χ0n) is 16.4. The first kappa shape index (κ1) is 23.1. The molecule has 2 heterocycles. The quantitative estimate of drug-likeness (QED) is 0.383. The fourth-order valence-corrected chi connectivity index (χ4v) is 3.89. The van der Waals surface area contributed by atoms with Crippen LogP contribution in [0.25, 0.3) is 11.6 Å². The van der Waals surface area contributed by atoms with Crippen molar-refractivity contribution in [2.45, 2.75) is 6.04 Å². The normalized spacial score (nSPS) is 15.2. The van der Waals surface area contributed by atoms with Crippen molar-refractivity contribution in [3.8, 4) is 5.88 Å². The molecule has 9 nitrogen and oxygen atoms in total. The molecule has 13 heteroatoms. The Kier molecular flexibility index (Phi) is 6.08. The van der Waals surface area contributed by atoms with Crippen molar-refractivity contribution in [2.75, 3.05) is 6.61 Å². The van der Waals surface area contributed by atoms with E-state index in [1.165, 1.54) is 12.3 Å². The Morgan fingerprint density at radius 1 is 1.21 bits per heavy atom. The molecule has 2 aromatic carbocycles. The molecule has 0 bridgehead atoms. The molecule has 0 fully saturated rings. The highest BCUT2D eigenvalue weighted by Crippen LogP contribution is 2.39. The van der Waals surface area contributed by atoms with Crippen LogP contribution in [0.4, 0.5) is 14.5 Å². The zero-order chi connectivity index (χ0) is 23.9. The van der Waals surface area contributed by atoms with Crippen molar-refractivity contribution >= 4 is 43.0 Å². The molecule has 3 aromatic rings. The van der Waals surface area contributed by atoms with Crippen molar-refractivity contribution in [2.24, 2.45) is 4.99 Å². The first-order valence-electron chi connectivity index (χ1n) is 9.27.